The highest BCUT2D eigenvalue weighted by Gasteiger charge is 2.25. The first-order valence-electron chi connectivity index (χ1n) is 8.83. The fourth-order valence-electron chi connectivity index (χ4n) is 3.45. The minimum Gasteiger partial charge on any atom is -0.347 e. The molecular formula is C20H19N3O3S. The quantitative estimate of drug-likeness (QED) is 0.539. The van der Waals surface area contributed by atoms with Crippen molar-refractivity contribution in [1.82, 2.24) is 10.2 Å². The standard InChI is InChI=1S/C20H19N3O3S/c24-20(19-11-15-10-17(23(25)26)6-7-18(15)27-19)21-16-8-9-22(13-16)12-14-4-2-1-3-5-14/h1-7,10-11,16H,8-9,12-13H2,(H,21,24)/t16-/m1/s1. The summed E-state index contributed by atoms with van der Waals surface area (Å²) in [5.74, 6) is -0.106. The lowest BCUT2D eigenvalue weighted by Crippen LogP contribution is -2.36. The van der Waals surface area contributed by atoms with E-state index in [9.17, 15) is 14.9 Å². The van der Waals surface area contributed by atoms with Crippen LogP contribution in [0.5, 0.6) is 0 Å². The third-order valence-electron chi connectivity index (χ3n) is 4.79. The summed E-state index contributed by atoms with van der Waals surface area (Å²) < 4.78 is 0.878. The molecule has 4 rings (SSSR count). The smallest absolute Gasteiger partial charge is 0.270 e. The molecule has 27 heavy (non-hydrogen) atoms. The number of carbonyl (C=O) groups excluding carboxylic acids is 1. The van der Waals surface area contributed by atoms with E-state index in [0.717, 1.165) is 36.1 Å². The van der Waals surface area contributed by atoms with Crippen molar-refractivity contribution in [2.45, 2.75) is 19.0 Å². The molecule has 0 saturated carbocycles. The Bertz CT molecular complexity index is 987. The van der Waals surface area contributed by atoms with Crippen molar-refractivity contribution in [3.8, 4) is 0 Å². The van der Waals surface area contributed by atoms with Gasteiger partial charge in [0.15, 0.2) is 0 Å². The lowest BCUT2D eigenvalue weighted by molar-refractivity contribution is -0.384. The fourth-order valence-corrected chi connectivity index (χ4v) is 4.39. The average molecular weight is 381 g/mol. The molecule has 1 amide bonds. The van der Waals surface area contributed by atoms with Crippen LogP contribution in [0.2, 0.25) is 0 Å². The number of non-ortho nitro benzene ring substituents is 1. The first kappa shape index (κ1) is 17.6. The number of nitrogens with zero attached hydrogens (tertiary/aromatic N) is 2. The average Bonchev–Trinajstić information content (AvgIpc) is 3.28. The van der Waals surface area contributed by atoms with E-state index in [2.05, 4.69) is 22.3 Å². The van der Waals surface area contributed by atoms with Crippen molar-refractivity contribution in [1.29, 1.82) is 0 Å². The van der Waals surface area contributed by atoms with Gasteiger partial charge in [-0.05, 0) is 24.1 Å². The molecule has 138 valence electrons. The van der Waals surface area contributed by atoms with Gasteiger partial charge in [-0.15, -0.1) is 11.3 Å². The van der Waals surface area contributed by atoms with E-state index in [1.807, 2.05) is 18.2 Å². The first-order valence-corrected chi connectivity index (χ1v) is 9.65. The summed E-state index contributed by atoms with van der Waals surface area (Å²) in [5, 5.41) is 14.7. The van der Waals surface area contributed by atoms with Gasteiger partial charge in [0, 0.05) is 47.9 Å². The maximum Gasteiger partial charge on any atom is 0.270 e. The topological polar surface area (TPSA) is 75.5 Å². The maximum absolute atomic E-state index is 12.6. The number of nitro benzene ring substituents is 1. The van der Waals surface area contributed by atoms with Gasteiger partial charge in [0.2, 0.25) is 0 Å². The zero-order valence-corrected chi connectivity index (χ0v) is 15.4. The molecule has 1 aromatic heterocycles. The van der Waals surface area contributed by atoms with Crippen molar-refractivity contribution in [2.24, 2.45) is 0 Å². The molecule has 1 aliphatic rings. The summed E-state index contributed by atoms with van der Waals surface area (Å²) in [7, 11) is 0. The number of carbonyl (C=O) groups is 1. The van der Waals surface area contributed by atoms with E-state index in [1.165, 1.54) is 29.0 Å². The number of fused-ring (bicyclic) bond motifs is 1. The van der Waals surface area contributed by atoms with Crippen LogP contribution in [0.15, 0.2) is 54.6 Å². The van der Waals surface area contributed by atoms with Crippen LogP contribution in [-0.2, 0) is 6.54 Å². The summed E-state index contributed by atoms with van der Waals surface area (Å²) >= 11 is 1.36. The van der Waals surface area contributed by atoms with Gasteiger partial charge in [0.1, 0.15) is 0 Å². The fraction of sp³-hybridized carbons (Fsp3) is 0.250. The van der Waals surface area contributed by atoms with Crippen molar-refractivity contribution in [2.75, 3.05) is 13.1 Å². The Balaban J connectivity index is 1.39. The number of rotatable bonds is 5. The second-order valence-electron chi connectivity index (χ2n) is 6.77. The Morgan fingerprint density at radius 2 is 2.04 bits per heavy atom. The first-order chi connectivity index (χ1) is 13.1. The Morgan fingerprint density at radius 3 is 2.81 bits per heavy atom. The van der Waals surface area contributed by atoms with Crippen LogP contribution in [-0.4, -0.2) is 34.9 Å². The molecule has 3 aromatic rings. The molecule has 2 aromatic carbocycles. The van der Waals surface area contributed by atoms with Crippen LogP contribution in [0.4, 0.5) is 5.69 Å². The third kappa shape index (κ3) is 3.99. The van der Waals surface area contributed by atoms with Crippen LogP contribution in [0.3, 0.4) is 0 Å². The lowest BCUT2D eigenvalue weighted by atomic mass is 10.2. The number of hydrogen-bond acceptors (Lipinski definition) is 5. The van der Waals surface area contributed by atoms with E-state index in [-0.39, 0.29) is 17.6 Å². The van der Waals surface area contributed by atoms with Gasteiger partial charge in [-0.3, -0.25) is 19.8 Å². The molecule has 1 fully saturated rings. The zero-order valence-electron chi connectivity index (χ0n) is 14.6. The molecule has 0 bridgehead atoms. The molecule has 1 atom stereocenters. The van der Waals surface area contributed by atoms with Gasteiger partial charge in [0.05, 0.1) is 9.80 Å². The van der Waals surface area contributed by atoms with Crippen molar-refractivity contribution < 1.29 is 9.72 Å². The van der Waals surface area contributed by atoms with Crippen LogP contribution in [0.1, 0.15) is 21.7 Å². The number of nitrogens with one attached hydrogen (secondary N) is 1. The zero-order chi connectivity index (χ0) is 18.8. The molecule has 0 radical (unpaired) electrons. The van der Waals surface area contributed by atoms with Crippen molar-refractivity contribution in [3.05, 3.63) is 75.2 Å². The predicted molar refractivity (Wildman–Crippen MR) is 106 cm³/mol. The van der Waals surface area contributed by atoms with Gasteiger partial charge in [0.25, 0.3) is 11.6 Å². The molecule has 1 aliphatic heterocycles. The molecule has 0 unspecified atom stereocenters. The number of likely N-dealkylation sites (tertiary alicyclic amines) is 1. The summed E-state index contributed by atoms with van der Waals surface area (Å²) in [5.41, 5.74) is 1.31. The summed E-state index contributed by atoms with van der Waals surface area (Å²) in [6.07, 6.45) is 0.926. The summed E-state index contributed by atoms with van der Waals surface area (Å²) in [6.45, 7) is 2.68. The Hall–Kier alpha value is -2.77. The van der Waals surface area contributed by atoms with Crippen LogP contribution in [0, 0.1) is 10.1 Å². The SMILES string of the molecule is O=C(N[C@@H]1CCN(Cc2ccccc2)C1)c1cc2cc([N+](=O)[O-])ccc2s1. The largest absolute Gasteiger partial charge is 0.347 e. The second kappa shape index (κ2) is 7.46. The van der Waals surface area contributed by atoms with E-state index in [0.29, 0.717) is 4.88 Å². The van der Waals surface area contributed by atoms with E-state index >= 15 is 0 Å². The van der Waals surface area contributed by atoms with Gasteiger partial charge in [-0.25, -0.2) is 0 Å². The molecule has 6 nitrogen and oxygen atoms in total. The summed E-state index contributed by atoms with van der Waals surface area (Å²) in [4.78, 5) is 26.0. The van der Waals surface area contributed by atoms with Crippen LogP contribution in [0.25, 0.3) is 10.1 Å². The molecule has 0 spiro atoms. The summed E-state index contributed by atoms with van der Waals surface area (Å²) in [6, 6.07) is 16.9. The van der Waals surface area contributed by atoms with Gasteiger partial charge < -0.3 is 5.32 Å². The Labute approximate surface area is 160 Å². The molecule has 0 aliphatic carbocycles. The van der Waals surface area contributed by atoms with Crippen LogP contribution < -0.4 is 5.32 Å². The molecule has 1 saturated heterocycles. The van der Waals surface area contributed by atoms with Gasteiger partial charge in [-0.1, -0.05) is 30.3 Å². The highest BCUT2D eigenvalue weighted by Crippen LogP contribution is 2.29. The number of amides is 1. The van der Waals surface area contributed by atoms with Gasteiger partial charge in [-0.2, -0.15) is 0 Å². The van der Waals surface area contributed by atoms with E-state index < -0.39 is 4.92 Å². The van der Waals surface area contributed by atoms with E-state index in [1.54, 1.807) is 12.1 Å². The third-order valence-corrected chi connectivity index (χ3v) is 5.91. The normalized spacial score (nSPS) is 17.3. The number of nitro groups is 1. The highest BCUT2D eigenvalue weighted by atomic mass is 32.1. The second-order valence-corrected chi connectivity index (χ2v) is 7.85. The number of hydrogen-bond donors (Lipinski definition) is 1. The van der Waals surface area contributed by atoms with E-state index in [4.69, 9.17) is 0 Å². The number of thiophene rings is 1. The minimum absolute atomic E-state index is 0.0413. The molecular weight excluding hydrogens is 362 g/mol. The van der Waals surface area contributed by atoms with Crippen molar-refractivity contribution >= 4 is 33.0 Å². The van der Waals surface area contributed by atoms with Crippen LogP contribution >= 0.6 is 11.3 Å². The Morgan fingerprint density at radius 1 is 1.22 bits per heavy atom. The van der Waals surface area contributed by atoms with Crippen molar-refractivity contribution in [3.63, 3.8) is 0 Å². The minimum atomic E-state index is -0.420. The lowest BCUT2D eigenvalue weighted by Gasteiger charge is -2.16. The molecule has 1 N–H and O–H groups in total. The molecule has 7 heteroatoms. The molecule has 2 heterocycles. The van der Waals surface area contributed by atoms with Gasteiger partial charge >= 0.3 is 0 Å². The Kier molecular flexibility index (Phi) is 4.87. The number of benzene rings is 2. The maximum atomic E-state index is 12.6. The highest BCUT2D eigenvalue weighted by molar-refractivity contribution is 7.20. The monoisotopic (exact) mass is 381 g/mol. The predicted octanol–water partition coefficient (Wildman–Crippen LogP) is 3.81.